The highest BCUT2D eigenvalue weighted by molar-refractivity contribution is 7.89. The first-order valence-corrected chi connectivity index (χ1v) is 7.78. The number of guanidine groups is 1. The van der Waals surface area contributed by atoms with Crippen LogP contribution in [0.3, 0.4) is 0 Å². The minimum Gasteiger partial charge on any atom is -0.465 e. The fourth-order valence-electron chi connectivity index (χ4n) is 2.23. The fourth-order valence-corrected chi connectivity index (χ4v) is 3.70. The van der Waals surface area contributed by atoms with E-state index >= 15 is 0 Å². The van der Waals surface area contributed by atoms with Gasteiger partial charge >= 0.3 is 6.09 Å². The molecular formula is C12H15FN4O4S. The second kappa shape index (κ2) is 5.13. The van der Waals surface area contributed by atoms with Gasteiger partial charge in [0.25, 0.3) is 0 Å². The van der Waals surface area contributed by atoms with Crippen molar-refractivity contribution in [3.05, 3.63) is 29.6 Å². The summed E-state index contributed by atoms with van der Waals surface area (Å²) in [6.45, 7) is 1.40. The predicted octanol–water partition coefficient (Wildman–Crippen LogP) is 0.522. The van der Waals surface area contributed by atoms with E-state index in [1.165, 1.54) is 32.2 Å². The molecule has 0 saturated heterocycles. The summed E-state index contributed by atoms with van der Waals surface area (Å²) < 4.78 is 39.4. The van der Waals surface area contributed by atoms with E-state index in [1.54, 1.807) is 0 Å². The minimum atomic E-state index is -3.87. The summed E-state index contributed by atoms with van der Waals surface area (Å²) in [6, 6.07) is 4.18. The van der Waals surface area contributed by atoms with Crippen LogP contribution in [0.5, 0.6) is 0 Å². The van der Waals surface area contributed by atoms with E-state index in [1.807, 2.05) is 5.32 Å². The van der Waals surface area contributed by atoms with Crippen LogP contribution in [-0.4, -0.2) is 42.7 Å². The Kier molecular flexibility index (Phi) is 3.73. The molecule has 1 aliphatic heterocycles. The van der Waals surface area contributed by atoms with Gasteiger partial charge in [-0.2, -0.15) is 0 Å². The first kappa shape index (κ1) is 16.0. The van der Waals surface area contributed by atoms with Gasteiger partial charge in [-0.1, -0.05) is 12.1 Å². The van der Waals surface area contributed by atoms with E-state index in [0.717, 1.165) is 0 Å². The molecule has 0 bridgehead atoms. The van der Waals surface area contributed by atoms with Crippen molar-refractivity contribution in [2.45, 2.75) is 12.5 Å². The lowest BCUT2D eigenvalue weighted by molar-refractivity contribution is 0.199. The third-order valence-corrected chi connectivity index (χ3v) is 5.29. The number of hydrogen-bond donors (Lipinski definition) is 3. The molecule has 2 rings (SSSR count). The Morgan fingerprint density at radius 3 is 2.77 bits per heavy atom. The number of halogens is 1. The van der Waals surface area contributed by atoms with Crippen molar-refractivity contribution in [1.29, 1.82) is 0 Å². The number of nitrogens with zero attached hydrogens (tertiary/aromatic N) is 2. The monoisotopic (exact) mass is 330 g/mol. The second-order valence-corrected chi connectivity index (χ2v) is 7.07. The molecule has 4 N–H and O–H groups in total. The summed E-state index contributed by atoms with van der Waals surface area (Å²) in [4.78, 5) is 14.9. The number of hydrogen-bond acceptors (Lipinski definition) is 5. The molecule has 1 heterocycles. The van der Waals surface area contributed by atoms with Crippen molar-refractivity contribution in [2.75, 3.05) is 18.5 Å². The van der Waals surface area contributed by atoms with Gasteiger partial charge in [0.1, 0.15) is 5.54 Å². The number of amides is 1. The highest BCUT2D eigenvalue weighted by atomic mass is 32.2. The summed E-state index contributed by atoms with van der Waals surface area (Å²) in [5.74, 6) is -1.69. The minimum absolute atomic E-state index is 0.0196. The molecule has 1 aliphatic rings. The third-order valence-electron chi connectivity index (χ3n) is 3.36. The van der Waals surface area contributed by atoms with E-state index < -0.39 is 39.2 Å². The first-order valence-electron chi connectivity index (χ1n) is 6.18. The summed E-state index contributed by atoms with van der Waals surface area (Å²) in [5.41, 5.74) is 3.85. The molecule has 1 atom stereocenters. The van der Waals surface area contributed by atoms with Crippen LogP contribution in [-0.2, 0) is 15.6 Å². The lowest BCUT2D eigenvalue weighted by Gasteiger charge is -2.35. The van der Waals surface area contributed by atoms with Gasteiger partial charge in [0, 0.05) is 12.6 Å². The van der Waals surface area contributed by atoms with E-state index in [4.69, 9.17) is 10.8 Å². The first-order chi connectivity index (χ1) is 10.1. The van der Waals surface area contributed by atoms with Crippen LogP contribution < -0.4 is 11.1 Å². The summed E-state index contributed by atoms with van der Waals surface area (Å²) >= 11 is 0. The average molecular weight is 330 g/mol. The molecule has 0 aliphatic carbocycles. The molecule has 10 heteroatoms. The number of rotatable bonds is 1. The molecule has 120 valence electrons. The van der Waals surface area contributed by atoms with Gasteiger partial charge < -0.3 is 10.8 Å². The molecule has 1 aromatic carbocycles. The van der Waals surface area contributed by atoms with Gasteiger partial charge in [-0.05, 0) is 13.0 Å². The van der Waals surface area contributed by atoms with Crippen molar-refractivity contribution in [1.82, 2.24) is 9.62 Å². The molecule has 1 aromatic rings. The van der Waals surface area contributed by atoms with Gasteiger partial charge in [0.2, 0.25) is 16.0 Å². The molecule has 0 unspecified atom stereocenters. The highest BCUT2D eigenvalue weighted by Gasteiger charge is 2.43. The van der Waals surface area contributed by atoms with Crippen LogP contribution >= 0.6 is 0 Å². The maximum atomic E-state index is 14.2. The number of carboxylic acid groups (broad SMARTS) is 1. The van der Waals surface area contributed by atoms with Crippen molar-refractivity contribution < 1.29 is 22.7 Å². The fraction of sp³-hybridized carbons (Fsp3) is 0.333. The molecular weight excluding hydrogens is 315 g/mol. The Hall–Kier alpha value is -2.36. The normalized spacial score (nSPS) is 23.8. The Labute approximate surface area is 126 Å². The van der Waals surface area contributed by atoms with E-state index in [0.29, 0.717) is 4.31 Å². The molecule has 1 amide bonds. The molecule has 0 aromatic heterocycles. The van der Waals surface area contributed by atoms with Gasteiger partial charge in [-0.15, -0.1) is 0 Å². The van der Waals surface area contributed by atoms with Crippen LogP contribution in [0.2, 0.25) is 0 Å². The lowest BCUT2D eigenvalue weighted by Crippen LogP contribution is -2.53. The standard InChI is InChI=1S/C12H15FN4O4S/c1-12(7-4-3-5-8(14)9(7)13)6-22(20,21)17(2)10(16-12)15-11(18)19/h3-5H,6,14H2,1-2H3,(H,15,16)(H,18,19)/t12-/m0/s1. The molecule has 0 spiro atoms. The van der Waals surface area contributed by atoms with E-state index in [2.05, 4.69) is 4.99 Å². The highest BCUT2D eigenvalue weighted by Crippen LogP contribution is 2.34. The average Bonchev–Trinajstić information content (AvgIpc) is 2.37. The van der Waals surface area contributed by atoms with Crippen LogP contribution in [0, 0.1) is 5.82 Å². The van der Waals surface area contributed by atoms with Gasteiger partial charge in [-0.3, -0.25) is 5.32 Å². The summed E-state index contributed by atoms with van der Waals surface area (Å²) in [5, 5.41) is 10.7. The van der Waals surface area contributed by atoms with Gasteiger partial charge in [0.05, 0.1) is 11.4 Å². The zero-order valence-corrected chi connectivity index (χ0v) is 12.7. The van der Waals surface area contributed by atoms with Crippen LogP contribution in [0.1, 0.15) is 12.5 Å². The molecule has 0 saturated carbocycles. The van der Waals surface area contributed by atoms with Gasteiger partial charge in [-0.25, -0.2) is 26.9 Å². The lowest BCUT2D eigenvalue weighted by atomic mass is 9.93. The van der Waals surface area contributed by atoms with Crippen molar-refractivity contribution in [3.63, 3.8) is 0 Å². The van der Waals surface area contributed by atoms with Crippen molar-refractivity contribution >= 4 is 27.8 Å². The number of benzene rings is 1. The Morgan fingerprint density at radius 1 is 1.55 bits per heavy atom. The molecule has 22 heavy (non-hydrogen) atoms. The number of aliphatic imine (C=N–C) groups is 1. The third kappa shape index (κ3) is 2.69. The van der Waals surface area contributed by atoms with Gasteiger partial charge in [0.15, 0.2) is 5.82 Å². The molecule has 0 fully saturated rings. The smallest absolute Gasteiger partial charge is 0.411 e. The largest absolute Gasteiger partial charge is 0.465 e. The number of nitrogens with one attached hydrogen (secondary N) is 1. The number of carbonyl (C=O) groups is 1. The maximum Gasteiger partial charge on any atom is 0.411 e. The topological polar surface area (TPSA) is 125 Å². The number of nitrogens with two attached hydrogens (primary N) is 1. The number of nitrogen functional groups attached to an aromatic ring is 1. The van der Waals surface area contributed by atoms with E-state index in [-0.39, 0.29) is 11.3 Å². The Balaban J connectivity index is 2.64. The summed E-state index contributed by atoms with van der Waals surface area (Å²) in [7, 11) is -2.71. The van der Waals surface area contributed by atoms with Crippen molar-refractivity contribution in [3.8, 4) is 0 Å². The molecule has 0 radical (unpaired) electrons. The van der Waals surface area contributed by atoms with E-state index in [9.17, 15) is 17.6 Å². The van der Waals surface area contributed by atoms with Crippen LogP contribution in [0.4, 0.5) is 14.9 Å². The SMILES string of the molecule is CN1C(NC(=O)O)=N[C@](C)(c2cccc(N)c2F)CS1(=O)=O. The van der Waals surface area contributed by atoms with Crippen molar-refractivity contribution in [2.24, 2.45) is 4.99 Å². The Bertz CT molecular complexity index is 764. The quantitative estimate of drug-likeness (QED) is 0.647. The zero-order valence-electron chi connectivity index (χ0n) is 11.9. The molecule has 8 nitrogen and oxygen atoms in total. The predicted molar refractivity (Wildman–Crippen MR) is 78.3 cm³/mol. The number of sulfonamides is 1. The second-order valence-electron chi connectivity index (χ2n) is 5.07. The van der Waals surface area contributed by atoms with Crippen LogP contribution in [0.15, 0.2) is 23.2 Å². The zero-order chi connectivity index (χ0) is 16.7. The Morgan fingerprint density at radius 2 is 2.18 bits per heavy atom. The number of anilines is 1. The summed E-state index contributed by atoms with van der Waals surface area (Å²) in [6.07, 6.45) is -1.47. The maximum absolute atomic E-state index is 14.2. The van der Waals surface area contributed by atoms with Crippen LogP contribution in [0.25, 0.3) is 0 Å².